The third kappa shape index (κ3) is 6.32. The van der Waals surface area contributed by atoms with Crippen LogP contribution in [0.4, 0.5) is 0 Å². The Kier molecular flexibility index (Phi) is 8.85. The van der Waals surface area contributed by atoms with Crippen molar-refractivity contribution in [2.45, 2.75) is 25.9 Å². The van der Waals surface area contributed by atoms with Gasteiger partial charge in [0.25, 0.3) is 0 Å². The van der Waals surface area contributed by atoms with E-state index in [1.807, 2.05) is 30.3 Å². The van der Waals surface area contributed by atoms with Crippen LogP contribution < -0.4 is 19.5 Å². The minimum absolute atomic E-state index is 0.149. The molecule has 37 heavy (non-hydrogen) atoms. The second-order valence-corrected chi connectivity index (χ2v) is 8.95. The standard InChI is InChI=1S/C29H32N2O5S/c1-4-35-28(32)21-10-12-23(13-11-21)36-19-25-24-17-27(34-3)26(33-2)16-22(24)14-15-31(25)29(37)30-18-20-8-6-5-7-9-20/h5-13,16-17,25H,4,14-15,18-19H2,1-3H3,(H,30,37). The highest BCUT2D eigenvalue weighted by molar-refractivity contribution is 7.80. The Balaban J connectivity index is 1.56. The Bertz CT molecular complexity index is 1220. The molecule has 4 rings (SSSR count). The average Bonchev–Trinajstić information content (AvgIpc) is 2.94. The largest absolute Gasteiger partial charge is 0.493 e. The summed E-state index contributed by atoms with van der Waals surface area (Å²) in [6.07, 6.45) is 0.813. The Labute approximate surface area is 223 Å². The van der Waals surface area contributed by atoms with Gasteiger partial charge in [-0.1, -0.05) is 30.3 Å². The predicted molar refractivity (Wildman–Crippen MR) is 146 cm³/mol. The number of carbonyl (C=O) groups is 1. The first-order chi connectivity index (χ1) is 18.0. The number of nitrogens with one attached hydrogen (secondary N) is 1. The highest BCUT2D eigenvalue weighted by atomic mass is 32.1. The number of carbonyl (C=O) groups excluding carboxylic acids is 1. The molecule has 3 aromatic rings. The summed E-state index contributed by atoms with van der Waals surface area (Å²) in [6.45, 7) is 3.85. The Hall–Kier alpha value is -3.78. The van der Waals surface area contributed by atoms with Crippen LogP contribution in [-0.2, 0) is 17.7 Å². The Morgan fingerprint density at radius 3 is 2.41 bits per heavy atom. The van der Waals surface area contributed by atoms with Crippen molar-refractivity contribution in [1.82, 2.24) is 10.2 Å². The van der Waals surface area contributed by atoms with Crippen LogP contribution in [-0.4, -0.2) is 50.0 Å². The minimum Gasteiger partial charge on any atom is -0.493 e. The molecule has 0 aromatic heterocycles. The summed E-state index contributed by atoms with van der Waals surface area (Å²) >= 11 is 5.84. The molecule has 0 fully saturated rings. The summed E-state index contributed by atoms with van der Waals surface area (Å²) in [6, 6.07) is 21.0. The van der Waals surface area contributed by atoms with E-state index < -0.39 is 0 Å². The van der Waals surface area contributed by atoms with Crippen molar-refractivity contribution in [3.8, 4) is 17.2 Å². The minimum atomic E-state index is -0.350. The van der Waals surface area contributed by atoms with Crippen molar-refractivity contribution >= 4 is 23.3 Å². The number of esters is 1. The number of nitrogens with zero attached hydrogens (tertiary/aromatic N) is 1. The summed E-state index contributed by atoms with van der Waals surface area (Å²) in [5, 5.41) is 4.07. The van der Waals surface area contributed by atoms with Crippen LogP contribution in [0.1, 0.15) is 40.0 Å². The molecule has 0 amide bonds. The van der Waals surface area contributed by atoms with E-state index in [0.29, 0.717) is 47.7 Å². The van der Waals surface area contributed by atoms with Crippen molar-refractivity contribution in [2.75, 3.05) is 34.0 Å². The van der Waals surface area contributed by atoms with Gasteiger partial charge in [-0.05, 0) is 78.7 Å². The normalized spacial score (nSPS) is 14.4. The molecule has 0 bridgehead atoms. The second kappa shape index (κ2) is 12.5. The fourth-order valence-electron chi connectivity index (χ4n) is 4.40. The number of fused-ring (bicyclic) bond motifs is 1. The molecule has 1 aliphatic rings. The highest BCUT2D eigenvalue weighted by Crippen LogP contribution is 2.38. The summed E-state index contributed by atoms with van der Waals surface area (Å²) in [5.74, 6) is 1.67. The molecule has 1 atom stereocenters. The molecule has 3 aromatic carbocycles. The number of ether oxygens (including phenoxy) is 4. The third-order valence-corrected chi connectivity index (χ3v) is 6.70. The number of thiocarbonyl (C=S) groups is 1. The van der Waals surface area contributed by atoms with Gasteiger partial charge in [-0.3, -0.25) is 0 Å². The van der Waals surface area contributed by atoms with E-state index in [1.54, 1.807) is 45.4 Å². The van der Waals surface area contributed by atoms with Crippen LogP contribution in [0.5, 0.6) is 17.2 Å². The van der Waals surface area contributed by atoms with E-state index >= 15 is 0 Å². The molecule has 1 unspecified atom stereocenters. The van der Waals surface area contributed by atoms with E-state index in [2.05, 4.69) is 22.3 Å². The maximum absolute atomic E-state index is 12.0. The van der Waals surface area contributed by atoms with Gasteiger partial charge < -0.3 is 29.2 Å². The zero-order valence-corrected chi connectivity index (χ0v) is 22.2. The van der Waals surface area contributed by atoms with E-state index in [4.69, 9.17) is 31.2 Å². The smallest absolute Gasteiger partial charge is 0.338 e. The Morgan fingerprint density at radius 2 is 1.73 bits per heavy atom. The zero-order valence-electron chi connectivity index (χ0n) is 21.4. The predicted octanol–water partition coefficient (Wildman–Crippen LogP) is 4.93. The van der Waals surface area contributed by atoms with Crippen LogP contribution in [0.15, 0.2) is 66.7 Å². The van der Waals surface area contributed by atoms with E-state index in [-0.39, 0.29) is 12.0 Å². The molecule has 0 aliphatic carbocycles. The molecular weight excluding hydrogens is 488 g/mol. The molecule has 1 aliphatic heterocycles. The summed E-state index contributed by atoms with van der Waals surface area (Å²) in [4.78, 5) is 14.1. The second-order valence-electron chi connectivity index (χ2n) is 8.57. The first-order valence-electron chi connectivity index (χ1n) is 12.3. The summed E-state index contributed by atoms with van der Waals surface area (Å²) < 4.78 is 22.4. The summed E-state index contributed by atoms with van der Waals surface area (Å²) in [7, 11) is 3.27. The first-order valence-corrected chi connectivity index (χ1v) is 12.7. The number of hydrogen-bond donors (Lipinski definition) is 1. The average molecular weight is 521 g/mol. The van der Waals surface area contributed by atoms with Crippen LogP contribution in [0.2, 0.25) is 0 Å². The van der Waals surface area contributed by atoms with Gasteiger partial charge in [-0.25, -0.2) is 4.79 Å². The van der Waals surface area contributed by atoms with Gasteiger partial charge in [-0.15, -0.1) is 0 Å². The third-order valence-electron chi connectivity index (χ3n) is 6.32. The van der Waals surface area contributed by atoms with Crippen molar-refractivity contribution in [1.29, 1.82) is 0 Å². The lowest BCUT2D eigenvalue weighted by Crippen LogP contribution is -2.47. The van der Waals surface area contributed by atoms with Crippen LogP contribution in [0.25, 0.3) is 0 Å². The highest BCUT2D eigenvalue weighted by Gasteiger charge is 2.31. The molecule has 194 valence electrons. The quantitative estimate of drug-likeness (QED) is 0.315. The monoisotopic (exact) mass is 520 g/mol. The maximum Gasteiger partial charge on any atom is 0.338 e. The van der Waals surface area contributed by atoms with Crippen LogP contribution in [0, 0.1) is 0 Å². The number of methoxy groups -OCH3 is 2. The topological polar surface area (TPSA) is 69.3 Å². The van der Waals surface area contributed by atoms with Gasteiger partial charge in [0, 0.05) is 13.1 Å². The van der Waals surface area contributed by atoms with Gasteiger partial charge in [0.15, 0.2) is 16.6 Å². The van der Waals surface area contributed by atoms with Gasteiger partial charge in [-0.2, -0.15) is 0 Å². The van der Waals surface area contributed by atoms with E-state index in [0.717, 1.165) is 24.1 Å². The van der Waals surface area contributed by atoms with Gasteiger partial charge in [0.05, 0.1) is 32.4 Å². The van der Waals surface area contributed by atoms with Gasteiger partial charge in [0.2, 0.25) is 0 Å². The lowest BCUT2D eigenvalue weighted by molar-refractivity contribution is 0.0526. The molecule has 0 spiro atoms. The van der Waals surface area contributed by atoms with E-state index in [1.165, 1.54) is 5.56 Å². The molecule has 7 nitrogen and oxygen atoms in total. The van der Waals surface area contributed by atoms with Gasteiger partial charge in [0.1, 0.15) is 12.4 Å². The number of benzene rings is 3. The fourth-order valence-corrected chi connectivity index (χ4v) is 4.69. The van der Waals surface area contributed by atoms with Crippen LogP contribution in [0.3, 0.4) is 0 Å². The molecule has 0 saturated carbocycles. The van der Waals surface area contributed by atoms with Crippen molar-refractivity contribution in [3.05, 3.63) is 89.0 Å². The van der Waals surface area contributed by atoms with Crippen molar-refractivity contribution in [2.24, 2.45) is 0 Å². The molecule has 8 heteroatoms. The molecule has 1 heterocycles. The molecule has 0 saturated heterocycles. The maximum atomic E-state index is 12.0. The van der Waals surface area contributed by atoms with Crippen LogP contribution >= 0.6 is 12.2 Å². The SMILES string of the molecule is CCOC(=O)c1ccc(OCC2c3cc(OC)c(OC)cc3CCN2C(=S)NCc2ccccc2)cc1. The lowest BCUT2D eigenvalue weighted by atomic mass is 9.92. The molecular formula is C29H32N2O5S. The number of hydrogen-bond acceptors (Lipinski definition) is 6. The van der Waals surface area contributed by atoms with E-state index in [9.17, 15) is 4.79 Å². The van der Waals surface area contributed by atoms with Gasteiger partial charge >= 0.3 is 5.97 Å². The lowest BCUT2D eigenvalue weighted by Gasteiger charge is -2.39. The summed E-state index contributed by atoms with van der Waals surface area (Å²) in [5.41, 5.74) is 3.90. The Morgan fingerprint density at radius 1 is 1.03 bits per heavy atom. The molecule has 1 N–H and O–H groups in total. The van der Waals surface area contributed by atoms with Crippen molar-refractivity contribution < 1.29 is 23.7 Å². The fraction of sp³-hybridized carbons (Fsp3) is 0.310. The van der Waals surface area contributed by atoms with Crippen molar-refractivity contribution in [3.63, 3.8) is 0 Å². The first kappa shape index (κ1) is 26.3. The zero-order chi connectivity index (χ0) is 26.2. The number of rotatable bonds is 9. The molecule has 0 radical (unpaired) electrons.